The lowest BCUT2D eigenvalue weighted by atomic mass is 9.94. The van der Waals surface area contributed by atoms with Crippen molar-refractivity contribution in [2.75, 3.05) is 0 Å². The van der Waals surface area contributed by atoms with Crippen LogP contribution in [0.3, 0.4) is 0 Å². The molecule has 148 valence electrons. The Morgan fingerprint density at radius 2 is 1.82 bits per heavy atom. The second-order valence-corrected chi connectivity index (χ2v) is 6.93. The van der Waals surface area contributed by atoms with E-state index in [0.717, 1.165) is 18.6 Å². The summed E-state index contributed by atoms with van der Waals surface area (Å²) < 4.78 is 5.82. The second kappa shape index (κ2) is 10.7. The molecule has 0 unspecified atom stereocenters. The van der Waals surface area contributed by atoms with E-state index in [2.05, 4.69) is 68.8 Å². The Kier molecular flexibility index (Phi) is 8.25. The van der Waals surface area contributed by atoms with E-state index >= 15 is 0 Å². The van der Waals surface area contributed by atoms with Crippen LogP contribution in [0.1, 0.15) is 56.7 Å². The van der Waals surface area contributed by atoms with Gasteiger partial charge in [-0.3, -0.25) is 4.98 Å². The monoisotopic (exact) mass is 375 g/mol. The Morgan fingerprint density at radius 3 is 2.39 bits per heavy atom. The van der Waals surface area contributed by atoms with Gasteiger partial charge in [0.2, 0.25) is 0 Å². The first-order valence-corrected chi connectivity index (χ1v) is 10.3. The lowest BCUT2D eigenvalue weighted by molar-refractivity contribution is 0.0599. The molecule has 0 aliphatic heterocycles. The molecule has 1 aliphatic carbocycles. The van der Waals surface area contributed by atoms with Gasteiger partial charge in [0.1, 0.15) is 5.76 Å². The van der Waals surface area contributed by atoms with Crippen molar-refractivity contribution in [3.63, 3.8) is 0 Å². The smallest absolute Gasteiger partial charge is 0.112 e. The highest BCUT2D eigenvalue weighted by atomic mass is 16.5. The van der Waals surface area contributed by atoms with E-state index in [-0.39, 0.29) is 0 Å². The van der Waals surface area contributed by atoms with Crippen molar-refractivity contribution in [1.82, 2.24) is 4.98 Å². The van der Waals surface area contributed by atoms with Crippen LogP contribution in [0.15, 0.2) is 67.2 Å². The first kappa shape index (κ1) is 21.7. The fourth-order valence-corrected chi connectivity index (χ4v) is 3.18. The summed E-state index contributed by atoms with van der Waals surface area (Å²) in [7, 11) is 0. The number of hydrogen-bond donors (Lipinski definition) is 0. The van der Waals surface area contributed by atoms with Gasteiger partial charge in [-0.05, 0) is 80.0 Å². The molecule has 0 N–H and O–H groups in total. The van der Waals surface area contributed by atoms with E-state index in [0.29, 0.717) is 6.10 Å². The van der Waals surface area contributed by atoms with Crippen LogP contribution < -0.4 is 0 Å². The molecule has 1 fully saturated rings. The maximum Gasteiger partial charge on any atom is 0.112 e. The minimum atomic E-state index is 0.366. The van der Waals surface area contributed by atoms with Gasteiger partial charge in [0.25, 0.3) is 0 Å². The Morgan fingerprint density at radius 1 is 1.07 bits per heavy atom. The lowest BCUT2D eigenvalue weighted by Gasteiger charge is -2.26. The molecule has 1 aromatic heterocycles. The fourth-order valence-electron chi connectivity index (χ4n) is 3.18. The average molecular weight is 376 g/mol. The van der Waals surface area contributed by atoms with Crippen molar-refractivity contribution in [3.05, 3.63) is 83.9 Å². The van der Waals surface area contributed by atoms with Gasteiger partial charge in [-0.25, -0.2) is 0 Å². The number of rotatable bonds is 6. The minimum absolute atomic E-state index is 0.366. The fraction of sp³-hybridized carbons (Fsp3) is 0.346. The van der Waals surface area contributed by atoms with E-state index in [4.69, 9.17) is 4.74 Å². The quantitative estimate of drug-likeness (QED) is 0.387. The van der Waals surface area contributed by atoms with Crippen molar-refractivity contribution in [2.45, 2.75) is 60.0 Å². The zero-order chi connectivity index (χ0) is 20.5. The highest BCUT2D eigenvalue weighted by Gasteiger charge is 2.18. The molecule has 1 saturated carbocycles. The Hall–Kier alpha value is -2.61. The molecule has 0 atom stereocenters. The summed E-state index contributed by atoms with van der Waals surface area (Å²) >= 11 is 0. The van der Waals surface area contributed by atoms with Crippen LogP contribution in [-0.4, -0.2) is 11.1 Å². The maximum atomic E-state index is 5.82. The normalized spacial score (nSPS) is 14.2. The zero-order valence-electron chi connectivity index (χ0n) is 18.0. The summed E-state index contributed by atoms with van der Waals surface area (Å²) in [6, 6.07) is 8.64. The predicted molar refractivity (Wildman–Crippen MR) is 121 cm³/mol. The summed E-state index contributed by atoms with van der Waals surface area (Å²) in [5, 5.41) is 0. The van der Waals surface area contributed by atoms with Crippen molar-refractivity contribution in [1.29, 1.82) is 0 Å². The van der Waals surface area contributed by atoms with Crippen molar-refractivity contribution < 1.29 is 4.74 Å². The molecule has 1 heterocycles. The Labute approximate surface area is 170 Å². The predicted octanol–water partition coefficient (Wildman–Crippen LogP) is 7.43. The van der Waals surface area contributed by atoms with Crippen LogP contribution in [0.4, 0.5) is 0 Å². The van der Waals surface area contributed by atoms with Gasteiger partial charge in [-0.15, -0.1) is 0 Å². The highest BCUT2D eigenvalue weighted by Crippen LogP contribution is 2.29. The molecule has 2 nitrogen and oxygen atoms in total. The van der Waals surface area contributed by atoms with Crippen LogP contribution in [0, 0.1) is 13.8 Å². The number of ether oxygens (including phenoxy) is 1. The Bertz CT molecular complexity index is 856. The van der Waals surface area contributed by atoms with Gasteiger partial charge < -0.3 is 4.74 Å². The molecular weight excluding hydrogens is 342 g/mol. The number of hydrogen-bond acceptors (Lipinski definition) is 2. The van der Waals surface area contributed by atoms with Crippen LogP contribution in [-0.2, 0) is 4.74 Å². The first-order valence-electron chi connectivity index (χ1n) is 10.3. The van der Waals surface area contributed by atoms with E-state index in [1.807, 2.05) is 32.3 Å². The van der Waals surface area contributed by atoms with Gasteiger partial charge in [-0.2, -0.15) is 0 Å². The van der Waals surface area contributed by atoms with Gasteiger partial charge >= 0.3 is 0 Å². The van der Waals surface area contributed by atoms with Gasteiger partial charge in [0.15, 0.2) is 0 Å². The van der Waals surface area contributed by atoms with Crippen LogP contribution in [0.2, 0.25) is 0 Å². The molecule has 0 saturated heterocycles. The van der Waals surface area contributed by atoms with Crippen LogP contribution in [0.25, 0.3) is 16.7 Å². The van der Waals surface area contributed by atoms with Gasteiger partial charge in [0, 0.05) is 18.0 Å². The molecule has 1 aromatic carbocycles. The number of aromatic nitrogens is 1. The third kappa shape index (κ3) is 5.45. The lowest BCUT2D eigenvalue weighted by Crippen LogP contribution is -2.20. The SMILES string of the molecule is C=C(/C=C\C(=C/C)c1ccc(-c2cnccc2C)c(C)c1)OC1CCC1.CC. The summed E-state index contributed by atoms with van der Waals surface area (Å²) in [4.78, 5) is 4.27. The number of pyridine rings is 1. The third-order valence-corrected chi connectivity index (χ3v) is 5.02. The average Bonchev–Trinajstić information content (AvgIpc) is 2.68. The number of aryl methyl sites for hydroxylation is 2. The molecule has 2 aromatic rings. The van der Waals surface area contributed by atoms with Gasteiger partial charge in [-0.1, -0.05) is 50.8 Å². The summed E-state index contributed by atoms with van der Waals surface area (Å²) in [5.41, 5.74) is 7.28. The molecule has 1 aliphatic rings. The van der Waals surface area contributed by atoms with E-state index in [1.54, 1.807) is 0 Å². The van der Waals surface area contributed by atoms with Gasteiger partial charge in [0.05, 0.1) is 6.10 Å². The molecule has 2 heteroatoms. The summed E-state index contributed by atoms with van der Waals surface area (Å²) in [5.74, 6) is 0.744. The largest absolute Gasteiger partial charge is 0.491 e. The molecule has 3 rings (SSSR count). The summed E-state index contributed by atoms with van der Waals surface area (Å²) in [6.07, 6.45) is 13.9. The van der Waals surface area contributed by atoms with Crippen molar-refractivity contribution >= 4 is 5.57 Å². The highest BCUT2D eigenvalue weighted by molar-refractivity contribution is 5.78. The molecule has 28 heavy (non-hydrogen) atoms. The van der Waals surface area contributed by atoms with Crippen molar-refractivity contribution in [3.8, 4) is 11.1 Å². The zero-order valence-corrected chi connectivity index (χ0v) is 18.0. The molecular formula is C26H33NO. The standard InChI is InChI=1S/C24H27NO.C2H6/c1-5-20(10-9-19(4)26-22-7-6-8-22)21-11-12-23(18(3)15-21)24-16-25-14-13-17(24)2;1-2/h5,9-16,22H,4,6-8H2,1-3H3;1-2H3/b10-9-,20-5+;. The number of benzene rings is 1. The molecule has 0 radical (unpaired) electrons. The van der Waals surface area contributed by atoms with E-state index in [1.165, 1.54) is 39.8 Å². The van der Waals surface area contributed by atoms with Crippen LogP contribution >= 0.6 is 0 Å². The van der Waals surface area contributed by atoms with Crippen molar-refractivity contribution in [2.24, 2.45) is 0 Å². The minimum Gasteiger partial charge on any atom is -0.491 e. The molecule has 0 bridgehead atoms. The van der Waals surface area contributed by atoms with E-state index in [9.17, 15) is 0 Å². The number of allylic oxidation sites excluding steroid dienone is 4. The van der Waals surface area contributed by atoms with Crippen LogP contribution in [0.5, 0.6) is 0 Å². The third-order valence-electron chi connectivity index (χ3n) is 5.02. The molecule has 0 amide bonds. The van der Waals surface area contributed by atoms with E-state index < -0.39 is 0 Å². The molecule has 0 spiro atoms. The summed E-state index contributed by atoms with van der Waals surface area (Å²) in [6.45, 7) is 14.4. The Balaban J connectivity index is 0.00000136. The maximum absolute atomic E-state index is 5.82. The first-order chi connectivity index (χ1) is 13.6. The topological polar surface area (TPSA) is 22.1 Å². The second-order valence-electron chi connectivity index (χ2n) is 6.93. The number of nitrogens with zero attached hydrogens (tertiary/aromatic N) is 1.